The Morgan fingerprint density at radius 1 is 1.82 bits per heavy atom. The second-order valence-electron chi connectivity index (χ2n) is 3.01. The maximum absolute atomic E-state index is 10.8. The molecular weight excluding hydrogens is 146 g/mol. The number of hydrogen-bond donors (Lipinski definition) is 2. The monoisotopic (exact) mass is 159 g/mol. The number of aliphatic hydroxyl groups is 1. The smallest absolute Gasteiger partial charge is 0.249 e. The second-order valence-corrected chi connectivity index (χ2v) is 3.01. The summed E-state index contributed by atoms with van der Waals surface area (Å²) in [5, 5.41) is 9.66. The number of amides is 1. The van der Waals surface area contributed by atoms with Crippen LogP contribution >= 0.6 is 0 Å². The van der Waals surface area contributed by atoms with Gasteiger partial charge in [0.1, 0.15) is 5.60 Å². The maximum Gasteiger partial charge on any atom is 0.249 e. The summed E-state index contributed by atoms with van der Waals surface area (Å²) in [6.45, 7) is 2.56. The van der Waals surface area contributed by atoms with Gasteiger partial charge in [-0.25, -0.2) is 0 Å². The first-order valence-electron chi connectivity index (χ1n) is 3.67. The molecule has 2 atom stereocenters. The van der Waals surface area contributed by atoms with Crippen molar-refractivity contribution in [1.29, 1.82) is 0 Å². The zero-order valence-electron chi connectivity index (χ0n) is 6.54. The number of hydrogen-bond acceptors (Lipinski definition) is 3. The van der Waals surface area contributed by atoms with Crippen LogP contribution < -0.4 is 5.73 Å². The van der Waals surface area contributed by atoms with Crippen molar-refractivity contribution < 1.29 is 14.6 Å². The Morgan fingerprint density at radius 3 is 2.82 bits per heavy atom. The van der Waals surface area contributed by atoms with E-state index in [9.17, 15) is 9.90 Å². The lowest BCUT2D eigenvalue weighted by atomic mass is 9.84. The Kier molecular flexibility index (Phi) is 2.15. The topological polar surface area (TPSA) is 72.6 Å². The Morgan fingerprint density at radius 2 is 2.45 bits per heavy atom. The molecule has 1 aliphatic rings. The van der Waals surface area contributed by atoms with Crippen LogP contribution in [0.25, 0.3) is 0 Å². The molecular formula is C7H13NO3. The number of rotatable bonds is 1. The fourth-order valence-electron chi connectivity index (χ4n) is 1.24. The van der Waals surface area contributed by atoms with E-state index in [0.717, 1.165) is 0 Å². The van der Waals surface area contributed by atoms with Crippen molar-refractivity contribution in [2.24, 2.45) is 11.7 Å². The van der Waals surface area contributed by atoms with Gasteiger partial charge in [0.05, 0.1) is 6.61 Å². The number of carbonyl (C=O) groups excluding carboxylic acids is 1. The third-order valence-corrected chi connectivity index (χ3v) is 2.24. The summed E-state index contributed by atoms with van der Waals surface area (Å²) in [5.41, 5.74) is 3.70. The number of carbonyl (C=O) groups is 1. The standard InChI is InChI=1S/C7H13NO3/c1-5-4-11-3-2-7(5,10)6(8)9/h5,10H,2-4H2,1H3,(H2,8,9). The second kappa shape index (κ2) is 2.79. The summed E-state index contributed by atoms with van der Waals surface area (Å²) in [6.07, 6.45) is 0.309. The molecule has 11 heavy (non-hydrogen) atoms. The lowest BCUT2D eigenvalue weighted by molar-refractivity contribution is -0.156. The molecule has 1 rings (SSSR count). The van der Waals surface area contributed by atoms with Crippen LogP contribution in [0.2, 0.25) is 0 Å². The third-order valence-electron chi connectivity index (χ3n) is 2.24. The minimum absolute atomic E-state index is 0.200. The summed E-state index contributed by atoms with van der Waals surface area (Å²) in [5.74, 6) is -0.845. The van der Waals surface area contributed by atoms with E-state index in [1.807, 2.05) is 0 Å². The molecule has 0 aromatic heterocycles. The van der Waals surface area contributed by atoms with Crippen molar-refractivity contribution in [3.05, 3.63) is 0 Å². The van der Waals surface area contributed by atoms with Crippen LogP contribution in [0.4, 0.5) is 0 Å². The summed E-state index contributed by atoms with van der Waals surface area (Å²) in [4.78, 5) is 10.8. The van der Waals surface area contributed by atoms with E-state index in [1.165, 1.54) is 0 Å². The number of nitrogens with two attached hydrogens (primary N) is 1. The van der Waals surface area contributed by atoms with Crippen molar-refractivity contribution in [3.63, 3.8) is 0 Å². The molecule has 0 aliphatic carbocycles. The Balaban J connectivity index is 2.72. The minimum atomic E-state index is -1.35. The van der Waals surface area contributed by atoms with Crippen LogP contribution in [0.15, 0.2) is 0 Å². The highest BCUT2D eigenvalue weighted by atomic mass is 16.5. The third kappa shape index (κ3) is 1.36. The van der Waals surface area contributed by atoms with E-state index in [0.29, 0.717) is 19.6 Å². The molecule has 1 fully saturated rings. The maximum atomic E-state index is 10.8. The molecule has 3 N–H and O–H groups in total. The molecule has 64 valence electrons. The predicted octanol–water partition coefficient (Wildman–Crippen LogP) is -0.741. The Hall–Kier alpha value is -0.610. The molecule has 4 nitrogen and oxygen atoms in total. The highest BCUT2D eigenvalue weighted by molar-refractivity contribution is 5.83. The van der Waals surface area contributed by atoms with Crippen molar-refractivity contribution in [2.75, 3.05) is 13.2 Å². The van der Waals surface area contributed by atoms with Gasteiger partial charge in [-0.2, -0.15) is 0 Å². The van der Waals surface area contributed by atoms with Gasteiger partial charge in [0.25, 0.3) is 0 Å². The van der Waals surface area contributed by atoms with Crippen LogP contribution in [0.3, 0.4) is 0 Å². The van der Waals surface area contributed by atoms with Gasteiger partial charge in [0.15, 0.2) is 0 Å². The van der Waals surface area contributed by atoms with Crippen LogP contribution in [0.5, 0.6) is 0 Å². The zero-order valence-corrected chi connectivity index (χ0v) is 6.54. The van der Waals surface area contributed by atoms with Crippen LogP contribution in [0.1, 0.15) is 13.3 Å². The first-order valence-corrected chi connectivity index (χ1v) is 3.67. The summed E-state index contributed by atoms with van der Waals surface area (Å²) in [6, 6.07) is 0. The van der Waals surface area contributed by atoms with Crippen molar-refractivity contribution in [1.82, 2.24) is 0 Å². The molecule has 0 aromatic carbocycles. The highest BCUT2D eigenvalue weighted by Crippen LogP contribution is 2.25. The summed E-state index contributed by atoms with van der Waals surface area (Å²) in [7, 11) is 0. The fourth-order valence-corrected chi connectivity index (χ4v) is 1.24. The number of ether oxygens (including phenoxy) is 1. The van der Waals surface area contributed by atoms with Gasteiger partial charge in [-0.3, -0.25) is 4.79 Å². The Labute approximate surface area is 65.3 Å². The zero-order chi connectivity index (χ0) is 8.48. The van der Waals surface area contributed by atoms with Crippen molar-refractivity contribution >= 4 is 5.91 Å². The summed E-state index contributed by atoms with van der Waals surface area (Å²) >= 11 is 0. The molecule has 1 saturated heterocycles. The van der Waals surface area contributed by atoms with E-state index < -0.39 is 11.5 Å². The SMILES string of the molecule is CC1COCCC1(O)C(N)=O. The van der Waals surface area contributed by atoms with Gasteiger partial charge >= 0.3 is 0 Å². The van der Waals surface area contributed by atoms with Gasteiger partial charge in [-0.05, 0) is 0 Å². The van der Waals surface area contributed by atoms with Crippen molar-refractivity contribution in [2.45, 2.75) is 18.9 Å². The molecule has 0 aromatic rings. The van der Waals surface area contributed by atoms with E-state index in [-0.39, 0.29) is 5.92 Å². The van der Waals surface area contributed by atoms with Crippen molar-refractivity contribution in [3.8, 4) is 0 Å². The molecule has 0 saturated carbocycles. The summed E-state index contributed by atoms with van der Waals surface area (Å²) < 4.78 is 5.06. The molecule has 1 amide bonds. The predicted molar refractivity (Wildman–Crippen MR) is 38.7 cm³/mol. The molecule has 0 spiro atoms. The van der Waals surface area contributed by atoms with Gasteiger partial charge in [0.2, 0.25) is 5.91 Å². The molecule has 4 heteroatoms. The largest absolute Gasteiger partial charge is 0.381 e. The van der Waals surface area contributed by atoms with Gasteiger partial charge in [-0.1, -0.05) is 6.92 Å². The molecule has 0 bridgehead atoms. The number of primary amides is 1. The lowest BCUT2D eigenvalue weighted by Gasteiger charge is -2.34. The molecule has 1 heterocycles. The quantitative estimate of drug-likeness (QED) is 0.529. The van der Waals surface area contributed by atoms with Crippen LogP contribution in [-0.2, 0) is 9.53 Å². The Bertz CT molecular complexity index is 171. The van der Waals surface area contributed by atoms with Gasteiger partial charge in [-0.15, -0.1) is 0 Å². The van der Waals surface area contributed by atoms with E-state index >= 15 is 0 Å². The first kappa shape index (κ1) is 8.49. The van der Waals surface area contributed by atoms with Crippen LogP contribution in [-0.4, -0.2) is 29.8 Å². The fraction of sp³-hybridized carbons (Fsp3) is 0.857. The van der Waals surface area contributed by atoms with E-state index in [2.05, 4.69) is 0 Å². The molecule has 0 radical (unpaired) electrons. The lowest BCUT2D eigenvalue weighted by Crippen LogP contribution is -2.53. The average Bonchev–Trinajstić information content (AvgIpc) is 1.95. The van der Waals surface area contributed by atoms with E-state index in [4.69, 9.17) is 10.5 Å². The first-order chi connectivity index (χ1) is 5.07. The van der Waals surface area contributed by atoms with Gasteiger partial charge in [0, 0.05) is 18.9 Å². The normalized spacial score (nSPS) is 38.5. The highest BCUT2D eigenvalue weighted by Gasteiger charge is 2.41. The molecule has 2 unspecified atom stereocenters. The molecule has 1 aliphatic heterocycles. The van der Waals surface area contributed by atoms with E-state index in [1.54, 1.807) is 6.92 Å². The van der Waals surface area contributed by atoms with Crippen LogP contribution in [0, 0.1) is 5.92 Å². The van der Waals surface area contributed by atoms with Gasteiger partial charge < -0.3 is 15.6 Å². The average molecular weight is 159 g/mol. The minimum Gasteiger partial charge on any atom is -0.381 e.